The van der Waals surface area contributed by atoms with Crippen LogP contribution in [0.1, 0.15) is 19.8 Å². The molecule has 19 heavy (non-hydrogen) atoms. The number of nitrogens with zero attached hydrogens (tertiary/aromatic N) is 1. The Kier molecular flexibility index (Phi) is 4.39. The van der Waals surface area contributed by atoms with E-state index < -0.39 is 0 Å². The van der Waals surface area contributed by atoms with Gasteiger partial charge in [-0.05, 0) is 25.0 Å². The summed E-state index contributed by atoms with van der Waals surface area (Å²) in [5.74, 6) is 0.104. The average Bonchev–Trinajstić information content (AvgIpc) is 2.40. The second-order valence-electron chi connectivity index (χ2n) is 4.74. The molecule has 2 N–H and O–H groups in total. The number of carbonyl (C=O) groups is 2. The molecule has 1 saturated heterocycles. The van der Waals surface area contributed by atoms with E-state index in [-0.39, 0.29) is 18.0 Å². The van der Waals surface area contributed by atoms with Crippen LogP contribution in [-0.4, -0.2) is 36.0 Å². The summed E-state index contributed by atoms with van der Waals surface area (Å²) in [6.07, 6.45) is 1.61. The molecule has 5 nitrogen and oxygen atoms in total. The van der Waals surface area contributed by atoms with Crippen LogP contribution < -0.4 is 10.6 Å². The normalized spacial score (nSPS) is 15.9. The number of urea groups is 1. The first-order valence-corrected chi connectivity index (χ1v) is 6.53. The van der Waals surface area contributed by atoms with Gasteiger partial charge in [-0.1, -0.05) is 18.2 Å². The maximum Gasteiger partial charge on any atom is 0.319 e. The number of benzene rings is 1. The van der Waals surface area contributed by atoms with Crippen LogP contribution in [0.3, 0.4) is 0 Å². The van der Waals surface area contributed by atoms with Crippen molar-refractivity contribution in [1.82, 2.24) is 10.2 Å². The van der Waals surface area contributed by atoms with E-state index in [1.165, 1.54) is 0 Å². The predicted octanol–water partition coefficient (Wildman–Crippen LogP) is 1.82. The Morgan fingerprint density at radius 3 is 2.37 bits per heavy atom. The van der Waals surface area contributed by atoms with Crippen molar-refractivity contribution in [2.45, 2.75) is 25.8 Å². The Balaban J connectivity index is 1.76. The van der Waals surface area contributed by atoms with Gasteiger partial charge in [0.05, 0.1) is 0 Å². The van der Waals surface area contributed by atoms with Crippen molar-refractivity contribution in [2.75, 3.05) is 18.4 Å². The van der Waals surface area contributed by atoms with E-state index in [9.17, 15) is 9.59 Å². The number of rotatable bonds is 2. The van der Waals surface area contributed by atoms with Crippen LogP contribution in [0.2, 0.25) is 0 Å². The lowest BCUT2D eigenvalue weighted by molar-refractivity contribution is -0.129. The third-order valence-corrected chi connectivity index (χ3v) is 3.31. The van der Waals surface area contributed by atoms with E-state index in [1.807, 2.05) is 35.2 Å². The molecule has 0 unspecified atom stereocenters. The molecule has 1 aliphatic rings. The standard InChI is InChI=1S/C14H19N3O2/c1-11(18)17-9-7-13(8-10-17)16-14(19)15-12-5-3-2-4-6-12/h2-6,13H,7-10H2,1H3,(H2,15,16,19). The topological polar surface area (TPSA) is 61.4 Å². The van der Waals surface area contributed by atoms with Crippen LogP contribution in [-0.2, 0) is 4.79 Å². The molecule has 0 aliphatic carbocycles. The Bertz CT molecular complexity index is 439. The maximum absolute atomic E-state index is 11.8. The van der Waals surface area contributed by atoms with Gasteiger partial charge >= 0.3 is 6.03 Å². The molecule has 5 heteroatoms. The fourth-order valence-corrected chi connectivity index (χ4v) is 2.21. The van der Waals surface area contributed by atoms with E-state index in [0.29, 0.717) is 13.1 Å². The minimum absolute atomic E-state index is 0.104. The van der Waals surface area contributed by atoms with Gasteiger partial charge in [-0.25, -0.2) is 4.79 Å². The summed E-state index contributed by atoms with van der Waals surface area (Å²) in [6, 6.07) is 9.30. The highest BCUT2D eigenvalue weighted by Crippen LogP contribution is 2.11. The molecule has 2 rings (SSSR count). The molecule has 1 heterocycles. The molecule has 1 aromatic rings. The van der Waals surface area contributed by atoms with Crippen molar-refractivity contribution in [3.63, 3.8) is 0 Å². The number of nitrogens with one attached hydrogen (secondary N) is 2. The molecular weight excluding hydrogens is 242 g/mol. The second-order valence-corrected chi connectivity index (χ2v) is 4.74. The van der Waals surface area contributed by atoms with Crippen molar-refractivity contribution >= 4 is 17.6 Å². The summed E-state index contributed by atoms with van der Waals surface area (Å²) in [4.78, 5) is 24.8. The maximum atomic E-state index is 11.8. The Morgan fingerprint density at radius 1 is 1.16 bits per heavy atom. The number of amides is 3. The smallest absolute Gasteiger partial charge is 0.319 e. The lowest BCUT2D eigenvalue weighted by Crippen LogP contribution is -2.47. The molecule has 0 radical (unpaired) electrons. The number of anilines is 1. The Morgan fingerprint density at radius 2 is 1.79 bits per heavy atom. The average molecular weight is 261 g/mol. The highest BCUT2D eigenvalue weighted by Gasteiger charge is 2.21. The van der Waals surface area contributed by atoms with Gasteiger partial charge < -0.3 is 15.5 Å². The van der Waals surface area contributed by atoms with Gasteiger partial charge in [0.2, 0.25) is 5.91 Å². The zero-order chi connectivity index (χ0) is 13.7. The largest absolute Gasteiger partial charge is 0.343 e. The van der Waals surface area contributed by atoms with Gasteiger partial charge in [0.15, 0.2) is 0 Å². The molecule has 0 atom stereocenters. The van der Waals surface area contributed by atoms with Crippen LogP contribution in [0.15, 0.2) is 30.3 Å². The van der Waals surface area contributed by atoms with Crippen molar-refractivity contribution in [1.29, 1.82) is 0 Å². The van der Waals surface area contributed by atoms with Gasteiger partial charge in [0, 0.05) is 31.7 Å². The molecule has 0 spiro atoms. The monoisotopic (exact) mass is 261 g/mol. The van der Waals surface area contributed by atoms with E-state index in [4.69, 9.17) is 0 Å². The van der Waals surface area contributed by atoms with Gasteiger partial charge in [-0.3, -0.25) is 4.79 Å². The SMILES string of the molecule is CC(=O)N1CCC(NC(=O)Nc2ccccc2)CC1. The van der Waals surface area contributed by atoms with Gasteiger partial charge in [-0.2, -0.15) is 0 Å². The van der Waals surface area contributed by atoms with Gasteiger partial charge in [0.1, 0.15) is 0 Å². The zero-order valence-electron chi connectivity index (χ0n) is 11.1. The molecule has 102 valence electrons. The number of hydrogen-bond acceptors (Lipinski definition) is 2. The molecule has 0 bridgehead atoms. The van der Waals surface area contributed by atoms with Gasteiger partial charge in [-0.15, -0.1) is 0 Å². The Labute approximate surface area is 113 Å². The number of piperidine rings is 1. The lowest BCUT2D eigenvalue weighted by atomic mass is 10.1. The summed E-state index contributed by atoms with van der Waals surface area (Å²) >= 11 is 0. The minimum atomic E-state index is -0.188. The second kappa shape index (κ2) is 6.22. The van der Waals surface area contributed by atoms with Crippen LogP contribution in [0.25, 0.3) is 0 Å². The van der Waals surface area contributed by atoms with Crippen molar-refractivity contribution < 1.29 is 9.59 Å². The van der Waals surface area contributed by atoms with Crippen molar-refractivity contribution in [3.05, 3.63) is 30.3 Å². The van der Waals surface area contributed by atoms with Crippen LogP contribution in [0.5, 0.6) is 0 Å². The summed E-state index contributed by atoms with van der Waals surface area (Å²) in [5, 5.41) is 5.73. The molecule has 3 amide bonds. The predicted molar refractivity (Wildman–Crippen MR) is 73.9 cm³/mol. The highest BCUT2D eigenvalue weighted by molar-refractivity contribution is 5.89. The van der Waals surface area contributed by atoms with Crippen LogP contribution >= 0.6 is 0 Å². The third kappa shape index (κ3) is 3.98. The fraction of sp³-hybridized carbons (Fsp3) is 0.429. The molecule has 1 aliphatic heterocycles. The van der Waals surface area contributed by atoms with Crippen molar-refractivity contribution in [2.24, 2.45) is 0 Å². The van der Waals surface area contributed by atoms with Crippen LogP contribution in [0.4, 0.5) is 10.5 Å². The summed E-state index contributed by atoms with van der Waals surface area (Å²) < 4.78 is 0. The third-order valence-electron chi connectivity index (χ3n) is 3.31. The lowest BCUT2D eigenvalue weighted by Gasteiger charge is -2.31. The zero-order valence-corrected chi connectivity index (χ0v) is 11.1. The number of carbonyl (C=O) groups excluding carboxylic acids is 2. The molecule has 1 fully saturated rings. The Hall–Kier alpha value is -2.04. The first-order valence-electron chi connectivity index (χ1n) is 6.53. The molecule has 0 aromatic heterocycles. The summed E-state index contributed by atoms with van der Waals surface area (Å²) in [6.45, 7) is 3.01. The minimum Gasteiger partial charge on any atom is -0.343 e. The highest BCUT2D eigenvalue weighted by atomic mass is 16.2. The number of likely N-dealkylation sites (tertiary alicyclic amines) is 1. The van der Waals surface area contributed by atoms with E-state index in [1.54, 1.807) is 6.92 Å². The number of para-hydroxylation sites is 1. The molecular formula is C14H19N3O2. The van der Waals surface area contributed by atoms with Crippen LogP contribution in [0, 0.1) is 0 Å². The fourth-order valence-electron chi connectivity index (χ4n) is 2.21. The van der Waals surface area contributed by atoms with E-state index in [2.05, 4.69) is 10.6 Å². The van der Waals surface area contributed by atoms with Crippen molar-refractivity contribution in [3.8, 4) is 0 Å². The first kappa shape index (κ1) is 13.4. The van der Waals surface area contributed by atoms with E-state index >= 15 is 0 Å². The summed E-state index contributed by atoms with van der Waals surface area (Å²) in [5.41, 5.74) is 0.779. The first-order chi connectivity index (χ1) is 9.15. The number of hydrogen-bond donors (Lipinski definition) is 2. The summed E-state index contributed by atoms with van der Waals surface area (Å²) in [7, 11) is 0. The van der Waals surface area contributed by atoms with Gasteiger partial charge in [0.25, 0.3) is 0 Å². The quantitative estimate of drug-likeness (QED) is 0.853. The van der Waals surface area contributed by atoms with E-state index in [0.717, 1.165) is 18.5 Å². The molecule has 1 aromatic carbocycles. The molecule has 0 saturated carbocycles.